The third-order valence-corrected chi connectivity index (χ3v) is 5.09. The molecule has 0 bridgehead atoms. The highest BCUT2D eigenvalue weighted by molar-refractivity contribution is 5.75. The highest BCUT2D eigenvalue weighted by Gasteiger charge is 2.14. The van der Waals surface area contributed by atoms with Crippen molar-refractivity contribution >= 4 is 17.1 Å². The number of aromatic nitrogens is 4. The van der Waals surface area contributed by atoms with Crippen molar-refractivity contribution in [3.8, 4) is 11.3 Å². The summed E-state index contributed by atoms with van der Waals surface area (Å²) in [5, 5.41) is 1.08. The summed E-state index contributed by atoms with van der Waals surface area (Å²) in [5.74, 6) is 0. The predicted molar refractivity (Wildman–Crippen MR) is 108 cm³/mol. The number of nitrogens with one attached hydrogen (secondary N) is 1. The lowest BCUT2D eigenvalue weighted by Crippen LogP contribution is -1.96. The number of pyridine rings is 3. The maximum absolute atomic E-state index is 4.69. The number of rotatable bonds is 3. The van der Waals surface area contributed by atoms with Crippen LogP contribution in [0.3, 0.4) is 0 Å². The normalized spacial score (nSPS) is 14.2. The van der Waals surface area contributed by atoms with Crippen LogP contribution in [0.15, 0.2) is 60.9 Å². The topological polar surface area (TPSA) is 54.5 Å². The molecule has 1 aliphatic carbocycles. The Morgan fingerprint density at radius 3 is 2.89 bits per heavy atom. The highest BCUT2D eigenvalue weighted by atomic mass is 14.8. The van der Waals surface area contributed by atoms with Crippen molar-refractivity contribution in [2.75, 3.05) is 0 Å². The van der Waals surface area contributed by atoms with Gasteiger partial charge in [-0.3, -0.25) is 4.98 Å². The molecule has 0 spiro atoms. The fourth-order valence-corrected chi connectivity index (χ4v) is 3.72. The second-order valence-corrected chi connectivity index (χ2v) is 6.92. The van der Waals surface area contributed by atoms with Crippen LogP contribution < -0.4 is 0 Å². The van der Waals surface area contributed by atoms with Gasteiger partial charge in [0.25, 0.3) is 0 Å². The Morgan fingerprint density at radius 2 is 1.89 bits per heavy atom. The maximum Gasteiger partial charge on any atom is 0.159 e. The van der Waals surface area contributed by atoms with Crippen molar-refractivity contribution in [1.82, 2.24) is 19.9 Å². The van der Waals surface area contributed by atoms with Gasteiger partial charge in [0.05, 0.1) is 11.4 Å². The van der Waals surface area contributed by atoms with E-state index < -0.39 is 0 Å². The SMILES string of the molecule is C1=C\c2ncccc2-c2[nH]c(CCc3ccc4cccnc4n3)cc2CC/1. The summed E-state index contributed by atoms with van der Waals surface area (Å²) in [6.07, 6.45) is 11.9. The first-order valence-corrected chi connectivity index (χ1v) is 9.40. The zero-order chi connectivity index (χ0) is 18.1. The third kappa shape index (κ3) is 3.14. The Kier molecular flexibility index (Phi) is 4.02. The number of aryl methyl sites for hydroxylation is 3. The lowest BCUT2D eigenvalue weighted by Gasteiger charge is -2.09. The molecular formula is C23H20N4. The van der Waals surface area contributed by atoms with Gasteiger partial charge in [0.15, 0.2) is 5.65 Å². The lowest BCUT2D eigenvalue weighted by molar-refractivity contribution is 0.893. The molecule has 0 saturated carbocycles. The predicted octanol–water partition coefficient (Wildman–Crippen LogP) is 4.76. The molecule has 0 amide bonds. The molecule has 0 aliphatic heterocycles. The summed E-state index contributed by atoms with van der Waals surface area (Å²) in [4.78, 5) is 17.2. The summed E-state index contributed by atoms with van der Waals surface area (Å²) in [6, 6.07) is 14.7. The van der Waals surface area contributed by atoms with Gasteiger partial charge in [0, 0.05) is 34.7 Å². The second kappa shape index (κ2) is 6.80. The molecule has 4 heteroatoms. The number of nitrogens with zero attached hydrogens (tertiary/aromatic N) is 3. The van der Waals surface area contributed by atoms with Gasteiger partial charge >= 0.3 is 0 Å². The number of allylic oxidation sites excluding steroid dienone is 1. The minimum Gasteiger partial charge on any atom is -0.358 e. The van der Waals surface area contributed by atoms with E-state index in [1.54, 1.807) is 6.20 Å². The first kappa shape index (κ1) is 15.9. The van der Waals surface area contributed by atoms with Gasteiger partial charge in [0.1, 0.15) is 0 Å². The number of fused-ring (bicyclic) bond motifs is 4. The average Bonchev–Trinajstić information content (AvgIpc) is 3.10. The molecule has 0 aromatic carbocycles. The summed E-state index contributed by atoms with van der Waals surface area (Å²) < 4.78 is 0. The summed E-state index contributed by atoms with van der Waals surface area (Å²) in [5.41, 5.74) is 7.95. The van der Waals surface area contributed by atoms with E-state index in [1.807, 2.05) is 24.4 Å². The van der Waals surface area contributed by atoms with Crippen molar-refractivity contribution in [3.05, 3.63) is 83.6 Å². The van der Waals surface area contributed by atoms with Crippen LogP contribution in [-0.2, 0) is 19.3 Å². The van der Waals surface area contributed by atoms with Crippen LogP contribution in [0.1, 0.15) is 29.1 Å². The monoisotopic (exact) mass is 352 g/mol. The molecule has 0 fully saturated rings. The van der Waals surface area contributed by atoms with Crippen LogP contribution in [0.4, 0.5) is 0 Å². The Bertz CT molecular complexity index is 1140. The minimum absolute atomic E-state index is 0.819. The molecule has 4 nitrogen and oxygen atoms in total. The van der Waals surface area contributed by atoms with Crippen molar-refractivity contribution in [1.29, 1.82) is 0 Å². The summed E-state index contributed by atoms with van der Waals surface area (Å²) >= 11 is 0. The van der Waals surface area contributed by atoms with E-state index in [4.69, 9.17) is 4.98 Å². The van der Waals surface area contributed by atoms with E-state index in [0.717, 1.165) is 48.1 Å². The van der Waals surface area contributed by atoms with Crippen LogP contribution in [0.25, 0.3) is 28.4 Å². The Balaban J connectivity index is 1.42. The van der Waals surface area contributed by atoms with Crippen molar-refractivity contribution in [2.24, 2.45) is 0 Å². The van der Waals surface area contributed by atoms with E-state index in [2.05, 4.69) is 51.4 Å². The second-order valence-electron chi connectivity index (χ2n) is 6.92. The van der Waals surface area contributed by atoms with Crippen molar-refractivity contribution in [3.63, 3.8) is 0 Å². The zero-order valence-electron chi connectivity index (χ0n) is 15.0. The van der Waals surface area contributed by atoms with Gasteiger partial charge in [-0.1, -0.05) is 6.08 Å². The molecule has 0 saturated heterocycles. The molecule has 4 aromatic heterocycles. The van der Waals surface area contributed by atoms with E-state index in [1.165, 1.54) is 22.5 Å². The smallest absolute Gasteiger partial charge is 0.159 e. The molecule has 1 aliphatic rings. The van der Waals surface area contributed by atoms with Crippen molar-refractivity contribution < 1.29 is 0 Å². The standard InChI is InChI=1S/C23H20N4/c1-2-8-21-20(7-4-13-24-21)22-17(5-1)15-19(26-22)12-11-18-10-9-16-6-3-14-25-23(16)27-18/h2-4,6-10,13-15,26H,1,5,11-12H2/b8-2-. The number of aromatic amines is 1. The van der Waals surface area contributed by atoms with Crippen LogP contribution in [0.5, 0.6) is 0 Å². The molecule has 1 N–H and O–H groups in total. The lowest BCUT2D eigenvalue weighted by atomic mass is 9.99. The van der Waals surface area contributed by atoms with Gasteiger partial charge in [0.2, 0.25) is 0 Å². The highest BCUT2D eigenvalue weighted by Crippen LogP contribution is 2.30. The van der Waals surface area contributed by atoms with Crippen LogP contribution in [0, 0.1) is 0 Å². The number of hydrogen-bond acceptors (Lipinski definition) is 3. The average molecular weight is 352 g/mol. The van der Waals surface area contributed by atoms with Gasteiger partial charge in [-0.2, -0.15) is 0 Å². The third-order valence-electron chi connectivity index (χ3n) is 5.09. The van der Waals surface area contributed by atoms with Crippen LogP contribution in [0.2, 0.25) is 0 Å². The molecule has 5 rings (SSSR count). The van der Waals surface area contributed by atoms with Gasteiger partial charge in [-0.25, -0.2) is 9.97 Å². The Labute approximate surface area is 158 Å². The number of H-pyrrole nitrogens is 1. The zero-order valence-corrected chi connectivity index (χ0v) is 15.0. The molecular weight excluding hydrogens is 332 g/mol. The molecule has 0 unspecified atom stereocenters. The Morgan fingerprint density at radius 1 is 0.963 bits per heavy atom. The molecule has 0 radical (unpaired) electrons. The molecule has 27 heavy (non-hydrogen) atoms. The maximum atomic E-state index is 4.69. The van der Waals surface area contributed by atoms with E-state index in [0.29, 0.717) is 0 Å². The van der Waals surface area contributed by atoms with E-state index in [-0.39, 0.29) is 0 Å². The molecule has 4 heterocycles. The Hall–Kier alpha value is -3.27. The fraction of sp³-hybridized carbons (Fsp3) is 0.174. The van der Waals surface area contributed by atoms with Gasteiger partial charge in [-0.05, 0) is 79.8 Å². The molecule has 132 valence electrons. The largest absolute Gasteiger partial charge is 0.358 e. The van der Waals surface area contributed by atoms with Crippen molar-refractivity contribution in [2.45, 2.75) is 25.7 Å². The first-order valence-electron chi connectivity index (χ1n) is 9.40. The van der Waals surface area contributed by atoms with E-state index >= 15 is 0 Å². The van der Waals surface area contributed by atoms with Gasteiger partial charge in [-0.15, -0.1) is 0 Å². The first-order chi connectivity index (χ1) is 13.4. The molecule has 0 atom stereocenters. The molecule has 4 aromatic rings. The summed E-state index contributed by atoms with van der Waals surface area (Å²) in [6.45, 7) is 0. The van der Waals surface area contributed by atoms with Crippen LogP contribution >= 0.6 is 0 Å². The van der Waals surface area contributed by atoms with Gasteiger partial charge < -0.3 is 4.98 Å². The van der Waals surface area contributed by atoms with Crippen LogP contribution in [-0.4, -0.2) is 19.9 Å². The minimum atomic E-state index is 0.819. The quantitative estimate of drug-likeness (QED) is 0.578. The van der Waals surface area contributed by atoms with E-state index in [9.17, 15) is 0 Å². The number of hydrogen-bond donors (Lipinski definition) is 1. The summed E-state index contributed by atoms with van der Waals surface area (Å²) in [7, 11) is 0. The fourth-order valence-electron chi connectivity index (χ4n) is 3.72.